The lowest BCUT2D eigenvalue weighted by atomic mass is 10.1. The molecular weight excluding hydrogens is 327 g/mol. The lowest BCUT2D eigenvalue weighted by molar-refractivity contribution is -0.142. The van der Waals surface area contributed by atoms with Crippen LogP contribution in [0.1, 0.15) is 23.5 Å². The quantitative estimate of drug-likeness (QED) is 0.794. The Morgan fingerprint density at radius 3 is 2.54 bits per heavy atom. The van der Waals surface area contributed by atoms with Gasteiger partial charge < -0.3 is 15.7 Å². The van der Waals surface area contributed by atoms with Crippen LogP contribution in [0.5, 0.6) is 0 Å². The third-order valence-electron chi connectivity index (χ3n) is 3.10. The van der Waals surface area contributed by atoms with Crippen molar-refractivity contribution in [2.75, 3.05) is 31.3 Å². The van der Waals surface area contributed by atoms with E-state index in [2.05, 4.69) is 20.1 Å². The van der Waals surface area contributed by atoms with E-state index >= 15 is 0 Å². The first-order valence-electron chi connectivity index (χ1n) is 7.13. The average Bonchev–Trinajstić information content (AvgIpc) is 2.87. The minimum absolute atomic E-state index is 0.0198. The fourth-order valence-electron chi connectivity index (χ4n) is 2.08. The molecule has 0 fully saturated rings. The second kappa shape index (κ2) is 6.99. The zero-order chi connectivity index (χ0) is 17.9. The van der Waals surface area contributed by atoms with E-state index in [4.69, 9.17) is 10.8 Å². The number of nitrogens with two attached hydrogens (primary N) is 1. The van der Waals surface area contributed by atoms with E-state index in [1.807, 2.05) is 0 Å². The second-order valence-corrected chi connectivity index (χ2v) is 5.33. The van der Waals surface area contributed by atoms with Crippen molar-refractivity contribution >= 4 is 11.9 Å². The van der Waals surface area contributed by atoms with Gasteiger partial charge in [-0.2, -0.15) is 33.2 Å². The summed E-state index contributed by atoms with van der Waals surface area (Å²) >= 11 is 0. The summed E-state index contributed by atoms with van der Waals surface area (Å²) in [7, 11) is 3.42. The van der Waals surface area contributed by atoms with Crippen LogP contribution in [0.3, 0.4) is 0 Å². The first kappa shape index (κ1) is 17.9. The van der Waals surface area contributed by atoms with Crippen molar-refractivity contribution in [3.05, 3.63) is 23.3 Å². The van der Waals surface area contributed by atoms with Crippen LogP contribution in [-0.2, 0) is 19.1 Å². The number of alkyl halides is 3. The van der Waals surface area contributed by atoms with Gasteiger partial charge in [-0.1, -0.05) is 0 Å². The van der Waals surface area contributed by atoms with E-state index in [9.17, 15) is 13.2 Å². The zero-order valence-corrected chi connectivity index (χ0v) is 13.2. The van der Waals surface area contributed by atoms with Gasteiger partial charge in [0.25, 0.3) is 0 Å². The number of aliphatic hydroxyl groups excluding tert-OH is 1. The van der Waals surface area contributed by atoms with Gasteiger partial charge in [0.2, 0.25) is 11.9 Å². The maximum atomic E-state index is 13.1. The van der Waals surface area contributed by atoms with Gasteiger partial charge in [0.1, 0.15) is 6.54 Å². The molecule has 2 heterocycles. The smallest absolute Gasteiger partial charge is 0.396 e. The van der Waals surface area contributed by atoms with E-state index < -0.39 is 11.9 Å². The Kier molecular flexibility index (Phi) is 5.22. The highest BCUT2D eigenvalue weighted by atomic mass is 19.4. The van der Waals surface area contributed by atoms with E-state index in [0.29, 0.717) is 5.95 Å². The predicted octanol–water partition coefficient (Wildman–Crippen LogP) is 0.708. The molecule has 132 valence electrons. The number of halogens is 3. The molecule has 0 saturated carbocycles. The molecular formula is C13H18F3N7O. The fraction of sp³-hybridized carbons (Fsp3) is 0.538. The van der Waals surface area contributed by atoms with Gasteiger partial charge in [0.05, 0.1) is 0 Å². The minimum atomic E-state index is -4.57. The normalized spacial score (nSPS) is 11.8. The van der Waals surface area contributed by atoms with Crippen LogP contribution in [-0.4, -0.2) is 50.5 Å². The summed E-state index contributed by atoms with van der Waals surface area (Å²) in [5.41, 5.74) is 4.65. The van der Waals surface area contributed by atoms with Crippen molar-refractivity contribution in [1.29, 1.82) is 0 Å². The standard InChI is InChI=1S/C13H18F3N7O/c1-22(2)12-19-9(18-11(17)20-12)7-23-6-8(4-3-5-24)10(21-23)13(14,15)16/h6,24H,3-5,7H2,1-2H3,(H2,17,18,19,20). The predicted molar refractivity (Wildman–Crippen MR) is 80.3 cm³/mol. The number of aromatic nitrogens is 5. The molecule has 24 heavy (non-hydrogen) atoms. The van der Waals surface area contributed by atoms with Gasteiger partial charge in [-0.3, -0.25) is 4.68 Å². The molecule has 0 atom stereocenters. The molecule has 0 unspecified atom stereocenters. The first-order valence-corrected chi connectivity index (χ1v) is 7.13. The summed E-state index contributed by atoms with van der Waals surface area (Å²) in [6.45, 7) is -0.269. The Labute approximate surface area is 136 Å². The number of aryl methyl sites for hydroxylation is 1. The molecule has 0 aliphatic carbocycles. The molecule has 2 aromatic rings. The molecule has 0 aliphatic rings. The third-order valence-corrected chi connectivity index (χ3v) is 3.10. The van der Waals surface area contributed by atoms with Crippen molar-refractivity contribution in [2.24, 2.45) is 0 Å². The highest BCUT2D eigenvalue weighted by Crippen LogP contribution is 2.31. The number of hydrogen-bond acceptors (Lipinski definition) is 7. The van der Waals surface area contributed by atoms with E-state index in [1.54, 1.807) is 19.0 Å². The summed E-state index contributed by atoms with van der Waals surface area (Å²) < 4.78 is 40.3. The fourth-order valence-corrected chi connectivity index (χ4v) is 2.08. The van der Waals surface area contributed by atoms with Crippen molar-refractivity contribution < 1.29 is 18.3 Å². The lowest BCUT2D eigenvalue weighted by Gasteiger charge is -2.11. The average molecular weight is 345 g/mol. The van der Waals surface area contributed by atoms with Crippen LogP contribution >= 0.6 is 0 Å². The highest BCUT2D eigenvalue weighted by Gasteiger charge is 2.36. The molecule has 0 spiro atoms. The van der Waals surface area contributed by atoms with E-state index in [0.717, 1.165) is 4.68 Å². The van der Waals surface area contributed by atoms with Crippen LogP contribution in [0.25, 0.3) is 0 Å². The van der Waals surface area contributed by atoms with Gasteiger partial charge in [-0.15, -0.1) is 0 Å². The molecule has 3 N–H and O–H groups in total. The Hall–Kier alpha value is -2.43. The lowest BCUT2D eigenvalue weighted by Crippen LogP contribution is -2.17. The van der Waals surface area contributed by atoms with Crippen LogP contribution in [0.15, 0.2) is 6.20 Å². The molecule has 0 aliphatic heterocycles. The molecule has 0 aromatic carbocycles. The Morgan fingerprint density at radius 1 is 1.25 bits per heavy atom. The third kappa shape index (κ3) is 4.31. The van der Waals surface area contributed by atoms with Crippen LogP contribution in [0, 0.1) is 0 Å². The number of rotatable bonds is 6. The Morgan fingerprint density at radius 2 is 1.96 bits per heavy atom. The largest absolute Gasteiger partial charge is 0.435 e. The molecule has 0 amide bonds. The highest BCUT2D eigenvalue weighted by molar-refractivity contribution is 5.32. The number of nitrogen functional groups attached to an aromatic ring is 1. The van der Waals surface area contributed by atoms with Crippen LogP contribution in [0.2, 0.25) is 0 Å². The summed E-state index contributed by atoms with van der Waals surface area (Å²) in [5.74, 6) is 0.491. The van der Waals surface area contributed by atoms with Crippen molar-refractivity contribution in [2.45, 2.75) is 25.6 Å². The van der Waals surface area contributed by atoms with Gasteiger partial charge in [0.15, 0.2) is 11.5 Å². The van der Waals surface area contributed by atoms with Gasteiger partial charge >= 0.3 is 6.18 Å². The molecule has 0 saturated heterocycles. The zero-order valence-electron chi connectivity index (χ0n) is 13.2. The van der Waals surface area contributed by atoms with E-state index in [1.165, 1.54) is 6.20 Å². The maximum Gasteiger partial charge on any atom is 0.435 e. The monoisotopic (exact) mass is 345 g/mol. The maximum absolute atomic E-state index is 13.1. The summed E-state index contributed by atoms with van der Waals surface area (Å²) in [6, 6.07) is 0. The molecule has 0 radical (unpaired) electrons. The Bertz CT molecular complexity index is 699. The molecule has 2 aromatic heterocycles. The van der Waals surface area contributed by atoms with Crippen molar-refractivity contribution in [3.8, 4) is 0 Å². The summed E-state index contributed by atoms with van der Waals surface area (Å²) in [5, 5.41) is 12.4. The van der Waals surface area contributed by atoms with Crippen molar-refractivity contribution in [1.82, 2.24) is 24.7 Å². The van der Waals surface area contributed by atoms with Crippen molar-refractivity contribution in [3.63, 3.8) is 0 Å². The number of hydrogen-bond donors (Lipinski definition) is 2. The first-order chi connectivity index (χ1) is 11.2. The van der Waals surface area contributed by atoms with Crippen LogP contribution < -0.4 is 10.6 Å². The minimum Gasteiger partial charge on any atom is -0.396 e. The SMILES string of the molecule is CN(C)c1nc(N)nc(Cn2cc(CCCO)c(C(F)(F)F)n2)n1. The van der Waals surface area contributed by atoms with Gasteiger partial charge in [-0.05, 0) is 12.8 Å². The number of anilines is 2. The second-order valence-electron chi connectivity index (χ2n) is 5.33. The molecule has 2 rings (SSSR count). The van der Waals surface area contributed by atoms with Crippen LogP contribution in [0.4, 0.5) is 25.1 Å². The molecule has 0 bridgehead atoms. The van der Waals surface area contributed by atoms with E-state index in [-0.39, 0.29) is 43.3 Å². The summed E-state index contributed by atoms with van der Waals surface area (Å²) in [6.07, 6.45) is -2.98. The van der Waals surface area contributed by atoms with Gasteiger partial charge in [0, 0.05) is 32.5 Å². The molecule has 8 nitrogen and oxygen atoms in total. The molecule has 11 heteroatoms. The Balaban J connectivity index is 2.31. The van der Waals surface area contributed by atoms with Gasteiger partial charge in [-0.25, -0.2) is 0 Å². The number of aliphatic hydroxyl groups is 1. The summed E-state index contributed by atoms with van der Waals surface area (Å²) in [4.78, 5) is 13.6. The topological polar surface area (TPSA) is 106 Å². The number of nitrogens with zero attached hydrogens (tertiary/aromatic N) is 6.